The van der Waals surface area contributed by atoms with Crippen LogP contribution in [0.25, 0.3) is 0 Å². The second-order valence-electron chi connectivity index (χ2n) is 2.62. The zero-order chi connectivity index (χ0) is 10.9. The van der Waals surface area contributed by atoms with Crippen molar-refractivity contribution in [1.82, 2.24) is 9.78 Å². The van der Waals surface area contributed by atoms with Crippen molar-refractivity contribution in [2.24, 2.45) is 12.2 Å². The van der Waals surface area contributed by atoms with Crippen LogP contribution < -0.4 is 9.86 Å². The van der Waals surface area contributed by atoms with E-state index in [1.54, 1.807) is 7.05 Å². The summed E-state index contributed by atoms with van der Waals surface area (Å²) < 4.78 is 36.5. The maximum Gasteiger partial charge on any atom is 0.243 e. The number of hydrogen-bond acceptors (Lipinski definition) is 4. The van der Waals surface area contributed by atoms with Crippen LogP contribution in [0.5, 0.6) is 0 Å². The van der Waals surface area contributed by atoms with Crippen LogP contribution in [0.3, 0.4) is 0 Å². The summed E-state index contributed by atoms with van der Waals surface area (Å²) in [5.74, 6) is -0.00386. The predicted molar refractivity (Wildman–Crippen MR) is 52.3 cm³/mol. The molecule has 1 aromatic rings. The summed E-state index contributed by atoms with van der Waals surface area (Å²) in [7, 11) is -3.69. The molecular weight excluding hydrogens is 228 g/mol. The van der Waals surface area contributed by atoms with E-state index in [0.717, 1.165) is 0 Å². The number of aryl methyl sites for hydroxylation is 1. The maximum atomic E-state index is 11.0. The molecule has 1 aromatic heterocycles. The van der Waals surface area contributed by atoms with Crippen LogP contribution in [0.1, 0.15) is 0 Å². The standard InChI is InChI=1S/C5H10N4O3S2/c1-9-3-4(14(6,11)12)5(7-9)8-13(2)10/h3H,1-2H3,(H,7,8)(H2,6,11,12). The molecule has 7 nitrogen and oxygen atoms in total. The van der Waals surface area contributed by atoms with E-state index in [4.69, 9.17) is 5.14 Å². The third-order valence-electron chi connectivity index (χ3n) is 1.34. The number of nitrogens with zero attached hydrogens (tertiary/aromatic N) is 2. The van der Waals surface area contributed by atoms with Crippen molar-refractivity contribution >= 4 is 26.8 Å². The van der Waals surface area contributed by atoms with E-state index >= 15 is 0 Å². The number of aromatic nitrogens is 2. The third-order valence-corrected chi connectivity index (χ3v) is 2.73. The van der Waals surface area contributed by atoms with E-state index in [9.17, 15) is 12.6 Å². The molecule has 0 aliphatic rings. The molecule has 0 aliphatic heterocycles. The summed E-state index contributed by atoms with van der Waals surface area (Å²) in [5.41, 5.74) is 0. The molecule has 0 radical (unpaired) electrons. The molecule has 14 heavy (non-hydrogen) atoms. The molecule has 1 atom stereocenters. The third kappa shape index (κ3) is 2.53. The summed E-state index contributed by atoms with van der Waals surface area (Å²) in [6.07, 6.45) is 2.60. The highest BCUT2D eigenvalue weighted by Gasteiger charge is 2.18. The first-order valence-electron chi connectivity index (χ1n) is 3.47. The fraction of sp³-hybridized carbons (Fsp3) is 0.400. The fourth-order valence-corrected chi connectivity index (χ4v) is 2.03. The lowest BCUT2D eigenvalue weighted by Crippen LogP contribution is -2.14. The van der Waals surface area contributed by atoms with E-state index < -0.39 is 21.0 Å². The van der Waals surface area contributed by atoms with Gasteiger partial charge in [-0.3, -0.25) is 9.40 Å². The molecule has 0 amide bonds. The van der Waals surface area contributed by atoms with Gasteiger partial charge in [-0.1, -0.05) is 0 Å². The van der Waals surface area contributed by atoms with Crippen LogP contribution in [0.15, 0.2) is 11.1 Å². The van der Waals surface area contributed by atoms with Gasteiger partial charge in [0.25, 0.3) is 0 Å². The lowest BCUT2D eigenvalue weighted by atomic mass is 10.7. The monoisotopic (exact) mass is 238 g/mol. The second kappa shape index (κ2) is 3.67. The number of primary sulfonamides is 1. The van der Waals surface area contributed by atoms with Crippen LogP contribution >= 0.6 is 0 Å². The Morgan fingerprint density at radius 3 is 2.64 bits per heavy atom. The van der Waals surface area contributed by atoms with E-state index in [1.807, 2.05) is 0 Å². The van der Waals surface area contributed by atoms with Crippen molar-refractivity contribution in [3.63, 3.8) is 0 Å². The zero-order valence-electron chi connectivity index (χ0n) is 7.59. The largest absolute Gasteiger partial charge is 0.287 e. The molecule has 0 spiro atoms. The molecule has 1 rings (SSSR count). The van der Waals surface area contributed by atoms with E-state index in [0.29, 0.717) is 0 Å². The van der Waals surface area contributed by atoms with Crippen molar-refractivity contribution in [2.45, 2.75) is 4.90 Å². The Morgan fingerprint density at radius 2 is 2.21 bits per heavy atom. The van der Waals surface area contributed by atoms with Gasteiger partial charge in [0.1, 0.15) is 15.9 Å². The van der Waals surface area contributed by atoms with Gasteiger partial charge in [0.05, 0.1) is 0 Å². The molecule has 0 aliphatic carbocycles. The molecule has 9 heteroatoms. The van der Waals surface area contributed by atoms with Gasteiger partial charge < -0.3 is 0 Å². The summed E-state index contributed by atoms with van der Waals surface area (Å²) in [6, 6.07) is 0. The molecule has 1 unspecified atom stereocenters. The number of hydrogen-bond donors (Lipinski definition) is 2. The fourth-order valence-electron chi connectivity index (χ4n) is 0.882. The lowest BCUT2D eigenvalue weighted by Gasteiger charge is -1.99. The molecule has 0 aromatic carbocycles. The highest BCUT2D eigenvalue weighted by atomic mass is 32.2. The molecule has 0 saturated carbocycles. The van der Waals surface area contributed by atoms with Gasteiger partial charge in [0, 0.05) is 19.5 Å². The van der Waals surface area contributed by atoms with E-state index in [1.165, 1.54) is 17.1 Å². The SMILES string of the molecule is Cn1cc(S(N)(=O)=O)c(NS(C)=O)n1. The summed E-state index contributed by atoms with van der Waals surface area (Å²) in [6.45, 7) is 0. The van der Waals surface area contributed by atoms with Gasteiger partial charge in [0.15, 0.2) is 5.82 Å². The average molecular weight is 238 g/mol. The first-order chi connectivity index (χ1) is 6.30. The number of nitrogens with two attached hydrogens (primary N) is 1. The molecule has 0 saturated heterocycles. The summed E-state index contributed by atoms with van der Waals surface area (Å²) in [5, 5.41) is 8.70. The Kier molecular flexibility index (Phi) is 2.92. The molecule has 0 fully saturated rings. The second-order valence-corrected chi connectivity index (χ2v) is 5.26. The van der Waals surface area contributed by atoms with Gasteiger partial charge in [-0.05, 0) is 0 Å². The van der Waals surface area contributed by atoms with Crippen LogP contribution in [-0.4, -0.2) is 28.7 Å². The lowest BCUT2D eigenvalue weighted by molar-refractivity contribution is 0.598. The first-order valence-corrected chi connectivity index (χ1v) is 6.57. The topological polar surface area (TPSA) is 107 Å². The van der Waals surface area contributed by atoms with Gasteiger partial charge in [-0.2, -0.15) is 5.10 Å². The Bertz CT molecular complexity index is 463. The Hall–Kier alpha value is -0.930. The number of sulfonamides is 1. The Balaban J connectivity index is 3.23. The van der Waals surface area contributed by atoms with Crippen LogP contribution in [0.2, 0.25) is 0 Å². The minimum atomic E-state index is -3.84. The highest BCUT2D eigenvalue weighted by Crippen LogP contribution is 2.17. The van der Waals surface area contributed by atoms with Crippen molar-refractivity contribution < 1.29 is 12.6 Å². The van der Waals surface area contributed by atoms with E-state index in [2.05, 4.69) is 9.82 Å². The van der Waals surface area contributed by atoms with Crippen molar-refractivity contribution in [1.29, 1.82) is 0 Å². The van der Waals surface area contributed by atoms with Crippen LogP contribution in [-0.2, 0) is 28.1 Å². The minimum absolute atomic E-state index is 0.00386. The Morgan fingerprint density at radius 1 is 1.64 bits per heavy atom. The highest BCUT2D eigenvalue weighted by molar-refractivity contribution is 7.89. The van der Waals surface area contributed by atoms with Crippen molar-refractivity contribution in [2.75, 3.05) is 11.0 Å². The van der Waals surface area contributed by atoms with Gasteiger partial charge >= 0.3 is 0 Å². The van der Waals surface area contributed by atoms with Gasteiger partial charge in [0.2, 0.25) is 10.0 Å². The summed E-state index contributed by atoms with van der Waals surface area (Å²) >= 11 is 0. The molecular formula is C5H10N4O3S2. The van der Waals surface area contributed by atoms with Gasteiger partial charge in [-0.25, -0.2) is 17.8 Å². The molecule has 0 bridgehead atoms. The van der Waals surface area contributed by atoms with Crippen molar-refractivity contribution in [3.8, 4) is 0 Å². The van der Waals surface area contributed by atoms with Crippen molar-refractivity contribution in [3.05, 3.63) is 6.20 Å². The van der Waals surface area contributed by atoms with E-state index in [-0.39, 0.29) is 10.7 Å². The van der Waals surface area contributed by atoms with Gasteiger partial charge in [-0.15, -0.1) is 0 Å². The normalized spacial score (nSPS) is 13.9. The first kappa shape index (κ1) is 11.1. The molecule has 3 N–H and O–H groups in total. The maximum absolute atomic E-state index is 11.0. The number of rotatable bonds is 3. The number of anilines is 1. The predicted octanol–water partition coefficient (Wildman–Crippen LogP) is -1.23. The average Bonchev–Trinajstić information content (AvgIpc) is 2.28. The van der Waals surface area contributed by atoms with Crippen LogP contribution in [0.4, 0.5) is 5.82 Å². The smallest absolute Gasteiger partial charge is 0.243 e. The number of nitrogens with one attached hydrogen (secondary N) is 1. The van der Waals surface area contributed by atoms with Crippen LogP contribution in [0, 0.1) is 0 Å². The quantitative estimate of drug-likeness (QED) is 0.687. The molecule has 1 heterocycles. The Labute approximate surface area is 83.9 Å². The minimum Gasteiger partial charge on any atom is -0.287 e. The summed E-state index contributed by atoms with van der Waals surface area (Å²) in [4.78, 5) is -0.171. The molecule has 80 valence electrons. The zero-order valence-corrected chi connectivity index (χ0v) is 9.22.